The van der Waals surface area contributed by atoms with E-state index in [0.717, 1.165) is 30.8 Å². The number of piperidine rings is 1. The van der Waals surface area contributed by atoms with E-state index in [1.54, 1.807) is 0 Å². The minimum atomic E-state index is 0. The van der Waals surface area contributed by atoms with Gasteiger partial charge >= 0.3 is 0 Å². The molecule has 22 heavy (non-hydrogen) atoms. The molecule has 3 rings (SSSR count). The van der Waals surface area contributed by atoms with Crippen LogP contribution in [0.2, 0.25) is 0 Å². The molecule has 0 spiro atoms. The Hall–Kier alpha value is -0.286. The van der Waals surface area contributed by atoms with E-state index in [1.807, 2.05) is 6.92 Å². The van der Waals surface area contributed by atoms with Crippen LogP contribution in [-0.4, -0.2) is 34.1 Å². The third-order valence-electron chi connectivity index (χ3n) is 4.31. The van der Waals surface area contributed by atoms with Crippen LogP contribution in [0.3, 0.4) is 0 Å². The summed E-state index contributed by atoms with van der Waals surface area (Å²) in [5, 5.41) is 3.51. The summed E-state index contributed by atoms with van der Waals surface area (Å²) in [7, 11) is 0. The predicted molar refractivity (Wildman–Crippen MR) is 87.5 cm³/mol. The van der Waals surface area contributed by atoms with E-state index in [9.17, 15) is 0 Å². The Morgan fingerprint density at radius 1 is 0.909 bits per heavy atom. The molecule has 5 nitrogen and oxygen atoms in total. The quantitative estimate of drug-likeness (QED) is 0.817. The summed E-state index contributed by atoms with van der Waals surface area (Å²) >= 11 is 0. The Balaban J connectivity index is 0.00000121. The molecule has 1 aromatic heterocycles. The summed E-state index contributed by atoms with van der Waals surface area (Å²) in [5.74, 6) is 2.44. The van der Waals surface area contributed by atoms with Gasteiger partial charge in [0.15, 0.2) is 0 Å². The van der Waals surface area contributed by atoms with Crippen molar-refractivity contribution in [2.75, 3.05) is 23.3 Å². The van der Waals surface area contributed by atoms with Crippen molar-refractivity contribution in [1.29, 1.82) is 0 Å². The van der Waals surface area contributed by atoms with Crippen LogP contribution in [0.1, 0.15) is 57.2 Å². The van der Waals surface area contributed by atoms with Gasteiger partial charge in [-0.05, 0) is 39.0 Å². The van der Waals surface area contributed by atoms with Crippen molar-refractivity contribution in [3.8, 4) is 0 Å². The number of nitrogens with one attached hydrogen (secondary N) is 1. The van der Waals surface area contributed by atoms with Crippen LogP contribution in [0.5, 0.6) is 0 Å². The van der Waals surface area contributed by atoms with Gasteiger partial charge in [-0.15, -0.1) is 0 Å². The smallest absolute Gasteiger partial charge is 0.230 e. The van der Waals surface area contributed by atoms with E-state index >= 15 is 0 Å². The fourth-order valence-corrected chi connectivity index (χ4v) is 3.20. The summed E-state index contributed by atoms with van der Waals surface area (Å²) in [6.45, 7) is 4.11. The number of anilines is 2. The first kappa shape index (κ1) is 19.8. The van der Waals surface area contributed by atoms with Gasteiger partial charge in [0.1, 0.15) is 5.82 Å². The Morgan fingerprint density at radius 2 is 1.55 bits per heavy atom. The third kappa shape index (κ3) is 5.41. The largest absolute Gasteiger partial charge is 0.358 e. The normalized spacial score (nSPS) is 19.0. The molecule has 2 aliphatic rings. The van der Waals surface area contributed by atoms with Crippen molar-refractivity contribution < 1.29 is 32.7 Å². The molecule has 1 N–H and O–H groups in total. The standard InChI is InChI=1S/C15H25N5.CH3.Y/c1-12-16-14(18-13-8-4-2-5-9-13)19-15(17-12)20-10-6-3-7-11-20;;/h13H,2-11H2,1H3,(H,16,17,18,19);1H3;/q;-1;. The maximum Gasteiger partial charge on any atom is 0.230 e. The van der Waals surface area contributed by atoms with Crippen LogP contribution in [0, 0.1) is 14.4 Å². The topological polar surface area (TPSA) is 53.9 Å². The van der Waals surface area contributed by atoms with Crippen LogP contribution >= 0.6 is 0 Å². The molecule has 1 aliphatic carbocycles. The van der Waals surface area contributed by atoms with Crippen molar-refractivity contribution in [3.05, 3.63) is 13.3 Å². The monoisotopic (exact) mass is 379 g/mol. The molecule has 0 unspecified atom stereocenters. The fourth-order valence-electron chi connectivity index (χ4n) is 3.20. The predicted octanol–water partition coefficient (Wildman–Crippen LogP) is 3.36. The maximum atomic E-state index is 4.64. The van der Waals surface area contributed by atoms with Crippen LogP contribution in [0.4, 0.5) is 11.9 Å². The van der Waals surface area contributed by atoms with E-state index in [1.165, 1.54) is 51.4 Å². The minimum absolute atomic E-state index is 0. The molecule has 0 aromatic carbocycles. The van der Waals surface area contributed by atoms with Crippen LogP contribution in [0.15, 0.2) is 0 Å². The number of aromatic nitrogens is 3. The van der Waals surface area contributed by atoms with Crippen LogP contribution in [-0.2, 0) is 32.7 Å². The Morgan fingerprint density at radius 3 is 2.23 bits per heavy atom. The number of hydrogen-bond donors (Lipinski definition) is 1. The minimum Gasteiger partial charge on any atom is -0.358 e. The molecule has 0 bridgehead atoms. The zero-order valence-electron chi connectivity index (χ0n) is 14.0. The molecule has 2 fully saturated rings. The fraction of sp³-hybridized carbons (Fsp3) is 0.750. The van der Waals surface area contributed by atoms with Gasteiger partial charge in [0.2, 0.25) is 11.9 Å². The molecule has 1 aromatic rings. The van der Waals surface area contributed by atoms with Crippen LogP contribution in [0.25, 0.3) is 0 Å². The van der Waals surface area contributed by atoms with Crippen molar-refractivity contribution in [1.82, 2.24) is 15.0 Å². The molecule has 1 radical (unpaired) electrons. The molecule has 0 atom stereocenters. The maximum absolute atomic E-state index is 4.64. The van der Waals surface area contributed by atoms with Gasteiger partial charge in [-0.3, -0.25) is 0 Å². The molecular weight excluding hydrogens is 351 g/mol. The van der Waals surface area contributed by atoms with E-state index in [4.69, 9.17) is 0 Å². The summed E-state index contributed by atoms with van der Waals surface area (Å²) in [4.78, 5) is 15.9. The Kier molecular flexibility index (Phi) is 8.77. The van der Waals surface area contributed by atoms with Crippen molar-refractivity contribution in [2.24, 2.45) is 0 Å². The number of hydrogen-bond acceptors (Lipinski definition) is 5. The molecule has 1 saturated heterocycles. The van der Waals surface area contributed by atoms with Gasteiger partial charge in [-0.25, -0.2) is 0 Å². The number of rotatable bonds is 3. The van der Waals surface area contributed by atoms with Crippen LogP contribution < -0.4 is 10.2 Å². The molecule has 0 amide bonds. The first-order chi connectivity index (χ1) is 9.81. The number of nitrogens with zero attached hydrogens (tertiary/aromatic N) is 4. The second kappa shape index (κ2) is 9.76. The summed E-state index contributed by atoms with van der Waals surface area (Å²) in [6, 6.07) is 0.541. The summed E-state index contributed by atoms with van der Waals surface area (Å²) < 4.78 is 0. The second-order valence-corrected chi connectivity index (χ2v) is 6.03. The van der Waals surface area contributed by atoms with Gasteiger partial charge in [-0.2, -0.15) is 15.0 Å². The summed E-state index contributed by atoms with van der Waals surface area (Å²) in [6.07, 6.45) is 10.3. The van der Waals surface area contributed by atoms with Crippen molar-refractivity contribution in [3.63, 3.8) is 0 Å². The molecular formula is C16H28N5Y-. The average Bonchev–Trinajstić information content (AvgIpc) is 2.49. The van der Waals surface area contributed by atoms with Crippen molar-refractivity contribution in [2.45, 2.75) is 64.3 Å². The van der Waals surface area contributed by atoms with E-state index in [0.29, 0.717) is 6.04 Å². The second-order valence-electron chi connectivity index (χ2n) is 6.03. The molecule has 6 heteroatoms. The third-order valence-corrected chi connectivity index (χ3v) is 4.31. The van der Waals surface area contributed by atoms with E-state index < -0.39 is 0 Å². The average molecular weight is 379 g/mol. The zero-order chi connectivity index (χ0) is 13.8. The Bertz CT molecular complexity index is 442. The van der Waals surface area contributed by atoms with E-state index in [-0.39, 0.29) is 40.1 Å². The number of aryl methyl sites for hydroxylation is 1. The Labute approximate surface area is 160 Å². The summed E-state index contributed by atoms with van der Waals surface area (Å²) in [5.41, 5.74) is 0. The van der Waals surface area contributed by atoms with Gasteiger partial charge in [0.05, 0.1) is 0 Å². The zero-order valence-corrected chi connectivity index (χ0v) is 16.9. The van der Waals surface area contributed by atoms with Gasteiger partial charge < -0.3 is 17.6 Å². The molecule has 121 valence electrons. The van der Waals surface area contributed by atoms with E-state index in [2.05, 4.69) is 25.2 Å². The van der Waals surface area contributed by atoms with Gasteiger partial charge in [0, 0.05) is 51.8 Å². The molecule has 1 aliphatic heterocycles. The van der Waals surface area contributed by atoms with Crippen molar-refractivity contribution >= 4 is 11.9 Å². The van der Waals surface area contributed by atoms with Gasteiger partial charge in [-0.1, -0.05) is 19.3 Å². The molecule has 2 heterocycles. The first-order valence-corrected chi connectivity index (χ1v) is 8.05. The first-order valence-electron chi connectivity index (χ1n) is 8.05. The SMILES string of the molecule is Cc1nc(NC2CCCCC2)nc(N2CCCCC2)n1.[CH3-].[Y]. The van der Waals surface area contributed by atoms with Gasteiger partial charge in [0.25, 0.3) is 0 Å². The molecule has 1 saturated carbocycles.